The molecule has 0 aromatic rings. The maximum Gasteiger partial charge on any atom is 0.336 e. The third-order valence-corrected chi connectivity index (χ3v) is 2.37. The van der Waals surface area contributed by atoms with Crippen molar-refractivity contribution in [3.05, 3.63) is 23.3 Å². The van der Waals surface area contributed by atoms with Crippen LogP contribution in [-0.4, -0.2) is 29.9 Å². The first-order chi connectivity index (χ1) is 9.27. The molecule has 0 aliphatic heterocycles. The lowest BCUT2D eigenvalue weighted by atomic mass is 10.2. The number of hydrogen-bond acceptors (Lipinski definition) is 5. The van der Waals surface area contributed by atoms with Gasteiger partial charge in [-0.2, -0.15) is 0 Å². The van der Waals surface area contributed by atoms with E-state index in [2.05, 4.69) is 0 Å². The van der Waals surface area contributed by atoms with E-state index >= 15 is 0 Å². The van der Waals surface area contributed by atoms with Gasteiger partial charge in [0.2, 0.25) is 6.29 Å². The minimum absolute atomic E-state index is 0.273. The van der Waals surface area contributed by atoms with Crippen molar-refractivity contribution < 1.29 is 24.2 Å². The molecule has 114 valence electrons. The zero-order valence-electron chi connectivity index (χ0n) is 12.8. The van der Waals surface area contributed by atoms with E-state index in [1.165, 1.54) is 12.2 Å². The molecule has 0 bridgehead atoms. The van der Waals surface area contributed by atoms with Gasteiger partial charge >= 0.3 is 11.9 Å². The van der Waals surface area contributed by atoms with Crippen LogP contribution in [0.2, 0.25) is 0 Å². The summed E-state index contributed by atoms with van der Waals surface area (Å²) in [5, 5.41) is 9.20. The lowest BCUT2D eigenvalue weighted by Gasteiger charge is -2.09. The Balaban J connectivity index is 4.52. The highest BCUT2D eigenvalue weighted by atomic mass is 16.6. The normalized spacial score (nSPS) is 14.2. The van der Waals surface area contributed by atoms with Gasteiger partial charge in [0.1, 0.15) is 0 Å². The first-order valence-electron chi connectivity index (χ1n) is 6.69. The molecule has 0 aliphatic rings. The van der Waals surface area contributed by atoms with Gasteiger partial charge in [-0.15, -0.1) is 0 Å². The summed E-state index contributed by atoms with van der Waals surface area (Å²) in [6, 6.07) is 0. The summed E-state index contributed by atoms with van der Waals surface area (Å²) >= 11 is 0. The quantitative estimate of drug-likeness (QED) is 0.336. The van der Waals surface area contributed by atoms with E-state index in [1.54, 1.807) is 20.8 Å². The van der Waals surface area contributed by atoms with Crippen LogP contribution in [0.15, 0.2) is 23.3 Å². The molecular weight excluding hydrogens is 260 g/mol. The van der Waals surface area contributed by atoms with Gasteiger partial charge in [0, 0.05) is 17.6 Å². The molecule has 20 heavy (non-hydrogen) atoms. The number of carbonyl (C=O) groups excluding carboxylic acids is 2. The number of carbonyl (C=O) groups is 2. The fourth-order valence-electron chi connectivity index (χ4n) is 1.04. The van der Waals surface area contributed by atoms with Gasteiger partial charge in [0.15, 0.2) is 0 Å². The maximum atomic E-state index is 11.6. The van der Waals surface area contributed by atoms with E-state index in [4.69, 9.17) is 9.47 Å². The Morgan fingerprint density at radius 3 is 2.05 bits per heavy atom. The van der Waals surface area contributed by atoms with Gasteiger partial charge in [0.25, 0.3) is 0 Å². The summed E-state index contributed by atoms with van der Waals surface area (Å²) in [6.07, 6.45) is 2.19. The highest BCUT2D eigenvalue weighted by Crippen LogP contribution is 2.05. The van der Waals surface area contributed by atoms with Crippen molar-refractivity contribution in [3.8, 4) is 0 Å². The van der Waals surface area contributed by atoms with E-state index < -0.39 is 18.2 Å². The summed E-state index contributed by atoms with van der Waals surface area (Å²) < 4.78 is 9.78. The number of esters is 2. The van der Waals surface area contributed by atoms with E-state index in [-0.39, 0.29) is 5.92 Å². The van der Waals surface area contributed by atoms with Crippen LogP contribution in [0.4, 0.5) is 0 Å². The Labute approximate surface area is 120 Å². The number of rotatable bonds is 7. The number of aliphatic hydroxyl groups excluding tert-OH is 1. The van der Waals surface area contributed by atoms with Crippen LogP contribution in [0, 0.1) is 5.92 Å². The van der Waals surface area contributed by atoms with Crippen LogP contribution >= 0.6 is 0 Å². The Hall–Kier alpha value is -1.62. The Kier molecular flexibility index (Phi) is 8.56. The fourth-order valence-corrected chi connectivity index (χ4v) is 1.04. The van der Waals surface area contributed by atoms with Gasteiger partial charge in [0.05, 0.1) is 6.61 Å². The van der Waals surface area contributed by atoms with E-state index in [0.29, 0.717) is 24.2 Å². The summed E-state index contributed by atoms with van der Waals surface area (Å²) in [5.74, 6) is -0.752. The molecule has 0 aromatic heterocycles. The van der Waals surface area contributed by atoms with Crippen molar-refractivity contribution in [1.82, 2.24) is 0 Å². The minimum Gasteiger partial charge on any atom is -0.462 e. The van der Waals surface area contributed by atoms with Crippen LogP contribution in [0.5, 0.6) is 0 Å². The van der Waals surface area contributed by atoms with Gasteiger partial charge in [-0.05, 0) is 19.8 Å². The van der Waals surface area contributed by atoms with Gasteiger partial charge in [-0.1, -0.05) is 32.9 Å². The zero-order valence-corrected chi connectivity index (χ0v) is 12.8. The predicted octanol–water partition coefficient (Wildman–Crippen LogP) is 2.35. The molecule has 0 fully saturated rings. The maximum absolute atomic E-state index is 11.6. The standard InChI is InChI=1S/C15H24O5/c1-6-13(16)20-15(18)12(5)8-7-11(4)14(17)19-9-10(2)3/h7-8,10,13,16H,6,9H2,1-5H3/b11-7+,12-8+. The van der Waals surface area contributed by atoms with Crippen LogP contribution in [0.1, 0.15) is 41.0 Å². The molecule has 0 saturated carbocycles. The van der Waals surface area contributed by atoms with Crippen molar-refractivity contribution in [1.29, 1.82) is 0 Å². The Bertz CT molecular complexity index is 393. The number of hydrogen-bond donors (Lipinski definition) is 1. The van der Waals surface area contributed by atoms with Crippen LogP contribution < -0.4 is 0 Å². The summed E-state index contributed by atoms with van der Waals surface area (Å²) in [5.41, 5.74) is 0.697. The molecule has 1 atom stereocenters. The SMILES string of the molecule is CCC(O)OC(=O)/C(C)=C/C=C(\C)C(=O)OCC(C)C. The third-order valence-electron chi connectivity index (χ3n) is 2.37. The fraction of sp³-hybridized carbons (Fsp3) is 0.600. The van der Waals surface area contributed by atoms with E-state index in [0.717, 1.165) is 0 Å². The molecule has 1 N–H and O–H groups in total. The minimum atomic E-state index is -1.10. The second kappa shape index (κ2) is 9.31. The second-order valence-electron chi connectivity index (χ2n) is 4.96. The van der Waals surface area contributed by atoms with Crippen molar-refractivity contribution in [2.24, 2.45) is 5.92 Å². The van der Waals surface area contributed by atoms with Crippen molar-refractivity contribution in [2.75, 3.05) is 6.61 Å². The Morgan fingerprint density at radius 2 is 1.60 bits per heavy atom. The first-order valence-corrected chi connectivity index (χ1v) is 6.69. The molecule has 0 aromatic carbocycles. The molecule has 0 amide bonds. The lowest BCUT2D eigenvalue weighted by Crippen LogP contribution is -2.17. The second-order valence-corrected chi connectivity index (χ2v) is 4.96. The summed E-state index contributed by atoms with van der Waals surface area (Å²) in [6.45, 7) is 9.12. The van der Waals surface area contributed by atoms with Gasteiger partial charge < -0.3 is 14.6 Å². The average Bonchev–Trinajstić information content (AvgIpc) is 2.40. The van der Waals surface area contributed by atoms with Crippen molar-refractivity contribution in [3.63, 3.8) is 0 Å². The molecule has 0 radical (unpaired) electrons. The molecule has 0 saturated heterocycles. The van der Waals surface area contributed by atoms with Crippen molar-refractivity contribution >= 4 is 11.9 Å². The molecule has 0 rings (SSSR count). The van der Waals surface area contributed by atoms with Crippen LogP contribution in [0.25, 0.3) is 0 Å². The van der Waals surface area contributed by atoms with E-state index in [9.17, 15) is 14.7 Å². The number of ether oxygens (including phenoxy) is 2. The molecular formula is C15H24O5. The zero-order chi connectivity index (χ0) is 15.7. The number of aliphatic hydroxyl groups is 1. The molecule has 5 nitrogen and oxygen atoms in total. The Morgan fingerprint density at radius 1 is 1.10 bits per heavy atom. The molecule has 0 spiro atoms. The smallest absolute Gasteiger partial charge is 0.336 e. The highest BCUT2D eigenvalue weighted by molar-refractivity contribution is 5.90. The number of allylic oxidation sites excluding steroid dienone is 2. The van der Waals surface area contributed by atoms with Crippen LogP contribution in [-0.2, 0) is 19.1 Å². The average molecular weight is 284 g/mol. The van der Waals surface area contributed by atoms with Gasteiger partial charge in [-0.3, -0.25) is 0 Å². The van der Waals surface area contributed by atoms with E-state index in [1.807, 2.05) is 13.8 Å². The molecule has 0 heterocycles. The molecule has 0 aliphatic carbocycles. The third kappa shape index (κ3) is 7.74. The van der Waals surface area contributed by atoms with Gasteiger partial charge in [-0.25, -0.2) is 9.59 Å². The summed E-state index contributed by atoms with van der Waals surface area (Å²) in [7, 11) is 0. The highest BCUT2D eigenvalue weighted by Gasteiger charge is 2.11. The summed E-state index contributed by atoms with van der Waals surface area (Å²) in [4.78, 5) is 23.1. The lowest BCUT2D eigenvalue weighted by molar-refractivity contribution is -0.163. The monoisotopic (exact) mass is 284 g/mol. The molecule has 1 unspecified atom stereocenters. The topological polar surface area (TPSA) is 72.8 Å². The first kappa shape index (κ1) is 18.4. The van der Waals surface area contributed by atoms with Crippen LogP contribution in [0.3, 0.4) is 0 Å². The van der Waals surface area contributed by atoms with Crippen molar-refractivity contribution in [2.45, 2.75) is 47.3 Å². The largest absolute Gasteiger partial charge is 0.462 e. The molecule has 5 heteroatoms. The predicted molar refractivity (Wildman–Crippen MR) is 75.7 cm³/mol.